The zero-order valence-corrected chi connectivity index (χ0v) is 11.7. The lowest BCUT2D eigenvalue weighted by Gasteiger charge is -2.20. The number of amides is 1. The van der Waals surface area contributed by atoms with Gasteiger partial charge in [0.05, 0.1) is 0 Å². The standard InChI is InChI=1S/C14H30N2O/c1-3-5-6-7-8-9-11-14(17)16(4-2)13-10-12-15/h3-13,15H2,1-2H3. The summed E-state index contributed by atoms with van der Waals surface area (Å²) >= 11 is 0. The molecule has 0 radical (unpaired) electrons. The van der Waals surface area contributed by atoms with Crippen molar-refractivity contribution in [2.45, 2.75) is 65.2 Å². The highest BCUT2D eigenvalue weighted by Gasteiger charge is 2.09. The topological polar surface area (TPSA) is 46.3 Å². The predicted octanol–water partition coefficient (Wildman–Crippen LogP) is 2.93. The van der Waals surface area contributed by atoms with E-state index in [9.17, 15) is 4.79 Å². The van der Waals surface area contributed by atoms with Gasteiger partial charge in [-0.1, -0.05) is 39.0 Å². The number of nitrogens with zero attached hydrogens (tertiary/aromatic N) is 1. The van der Waals surface area contributed by atoms with Crippen molar-refractivity contribution in [1.29, 1.82) is 0 Å². The van der Waals surface area contributed by atoms with Gasteiger partial charge < -0.3 is 10.6 Å². The van der Waals surface area contributed by atoms with Gasteiger partial charge in [-0.25, -0.2) is 0 Å². The monoisotopic (exact) mass is 242 g/mol. The summed E-state index contributed by atoms with van der Waals surface area (Å²) in [6.45, 7) is 6.56. The van der Waals surface area contributed by atoms with Crippen LogP contribution in [0.4, 0.5) is 0 Å². The molecule has 0 aliphatic carbocycles. The van der Waals surface area contributed by atoms with E-state index >= 15 is 0 Å². The van der Waals surface area contributed by atoms with Gasteiger partial charge in [0.25, 0.3) is 0 Å². The number of carbonyl (C=O) groups excluding carboxylic acids is 1. The van der Waals surface area contributed by atoms with Crippen molar-refractivity contribution in [2.75, 3.05) is 19.6 Å². The van der Waals surface area contributed by atoms with Crippen LogP contribution in [0.1, 0.15) is 65.2 Å². The lowest BCUT2D eigenvalue weighted by molar-refractivity contribution is -0.131. The Balaban J connectivity index is 3.54. The van der Waals surface area contributed by atoms with Crippen LogP contribution in [0.2, 0.25) is 0 Å². The molecule has 0 aromatic rings. The molecular weight excluding hydrogens is 212 g/mol. The Morgan fingerprint density at radius 1 is 1.00 bits per heavy atom. The molecule has 0 aliphatic rings. The fraction of sp³-hybridized carbons (Fsp3) is 0.929. The highest BCUT2D eigenvalue weighted by atomic mass is 16.2. The molecule has 0 bridgehead atoms. The largest absolute Gasteiger partial charge is 0.343 e. The Morgan fingerprint density at radius 3 is 2.24 bits per heavy atom. The van der Waals surface area contributed by atoms with Crippen LogP contribution in [0.3, 0.4) is 0 Å². The number of carbonyl (C=O) groups is 1. The van der Waals surface area contributed by atoms with Crippen LogP contribution in [0.5, 0.6) is 0 Å². The fourth-order valence-corrected chi connectivity index (χ4v) is 1.96. The van der Waals surface area contributed by atoms with E-state index in [0.29, 0.717) is 18.9 Å². The summed E-state index contributed by atoms with van der Waals surface area (Å²) in [7, 11) is 0. The van der Waals surface area contributed by atoms with E-state index in [0.717, 1.165) is 25.9 Å². The van der Waals surface area contributed by atoms with Crippen LogP contribution in [0.15, 0.2) is 0 Å². The van der Waals surface area contributed by atoms with Gasteiger partial charge in [0, 0.05) is 19.5 Å². The molecule has 0 saturated heterocycles. The van der Waals surface area contributed by atoms with E-state index in [1.165, 1.54) is 32.1 Å². The fourth-order valence-electron chi connectivity index (χ4n) is 1.96. The Hall–Kier alpha value is -0.570. The van der Waals surface area contributed by atoms with Gasteiger partial charge in [-0.2, -0.15) is 0 Å². The molecule has 0 heterocycles. The summed E-state index contributed by atoms with van der Waals surface area (Å²) in [5.74, 6) is 0.302. The number of nitrogens with two attached hydrogens (primary N) is 1. The molecule has 0 rings (SSSR count). The highest BCUT2D eigenvalue weighted by Crippen LogP contribution is 2.08. The second kappa shape index (κ2) is 11.9. The van der Waals surface area contributed by atoms with Gasteiger partial charge in [-0.05, 0) is 26.3 Å². The summed E-state index contributed by atoms with van der Waals surface area (Å²) in [5.41, 5.74) is 5.46. The Bertz CT molecular complexity index is 183. The minimum Gasteiger partial charge on any atom is -0.343 e. The molecule has 0 spiro atoms. The van der Waals surface area contributed by atoms with Crippen molar-refractivity contribution in [3.63, 3.8) is 0 Å². The van der Waals surface area contributed by atoms with E-state index in [4.69, 9.17) is 5.73 Å². The third-order valence-electron chi connectivity index (χ3n) is 3.11. The maximum Gasteiger partial charge on any atom is 0.222 e. The van der Waals surface area contributed by atoms with Crippen molar-refractivity contribution in [3.8, 4) is 0 Å². The van der Waals surface area contributed by atoms with Crippen molar-refractivity contribution in [2.24, 2.45) is 5.73 Å². The van der Waals surface area contributed by atoms with Crippen LogP contribution < -0.4 is 5.73 Å². The van der Waals surface area contributed by atoms with Gasteiger partial charge in [0.2, 0.25) is 5.91 Å². The van der Waals surface area contributed by atoms with Gasteiger partial charge in [0.15, 0.2) is 0 Å². The first kappa shape index (κ1) is 16.4. The lowest BCUT2D eigenvalue weighted by atomic mass is 10.1. The van der Waals surface area contributed by atoms with Gasteiger partial charge in [0.1, 0.15) is 0 Å². The van der Waals surface area contributed by atoms with E-state index in [1.807, 2.05) is 11.8 Å². The molecule has 0 saturated carbocycles. The maximum atomic E-state index is 11.9. The molecule has 102 valence electrons. The first-order valence-corrected chi connectivity index (χ1v) is 7.24. The summed E-state index contributed by atoms with van der Waals surface area (Å²) in [4.78, 5) is 13.8. The molecule has 1 amide bonds. The summed E-state index contributed by atoms with van der Waals surface area (Å²) in [5, 5.41) is 0. The second-order valence-electron chi connectivity index (χ2n) is 4.63. The van der Waals surface area contributed by atoms with Gasteiger partial charge >= 0.3 is 0 Å². The predicted molar refractivity (Wildman–Crippen MR) is 73.9 cm³/mol. The van der Waals surface area contributed by atoms with E-state index in [2.05, 4.69) is 6.92 Å². The van der Waals surface area contributed by atoms with Crippen LogP contribution in [-0.4, -0.2) is 30.4 Å². The number of hydrogen-bond donors (Lipinski definition) is 1. The molecule has 2 N–H and O–H groups in total. The minimum absolute atomic E-state index is 0.302. The molecule has 3 nitrogen and oxygen atoms in total. The zero-order valence-electron chi connectivity index (χ0n) is 11.7. The smallest absolute Gasteiger partial charge is 0.222 e. The van der Waals surface area contributed by atoms with Crippen molar-refractivity contribution in [3.05, 3.63) is 0 Å². The Morgan fingerprint density at radius 2 is 1.65 bits per heavy atom. The third-order valence-corrected chi connectivity index (χ3v) is 3.11. The quantitative estimate of drug-likeness (QED) is 0.566. The SMILES string of the molecule is CCCCCCCCC(=O)N(CC)CCCN. The summed E-state index contributed by atoms with van der Waals surface area (Å²) < 4.78 is 0. The third kappa shape index (κ3) is 9.16. The Kier molecular flexibility index (Phi) is 11.5. The minimum atomic E-state index is 0.302. The summed E-state index contributed by atoms with van der Waals surface area (Å²) in [6, 6.07) is 0. The number of rotatable bonds is 11. The average molecular weight is 242 g/mol. The van der Waals surface area contributed by atoms with Crippen LogP contribution in [0.25, 0.3) is 0 Å². The van der Waals surface area contributed by atoms with Crippen molar-refractivity contribution < 1.29 is 4.79 Å². The first-order valence-electron chi connectivity index (χ1n) is 7.24. The molecule has 0 fully saturated rings. The zero-order chi connectivity index (χ0) is 12.9. The van der Waals surface area contributed by atoms with Gasteiger partial charge in [-0.15, -0.1) is 0 Å². The van der Waals surface area contributed by atoms with Crippen molar-refractivity contribution >= 4 is 5.91 Å². The van der Waals surface area contributed by atoms with E-state index < -0.39 is 0 Å². The van der Waals surface area contributed by atoms with Crippen LogP contribution in [-0.2, 0) is 4.79 Å². The van der Waals surface area contributed by atoms with Gasteiger partial charge in [-0.3, -0.25) is 4.79 Å². The molecule has 0 aliphatic heterocycles. The Labute approximate surface area is 107 Å². The highest BCUT2D eigenvalue weighted by molar-refractivity contribution is 5.76. The molecule has 0 atom stereocenters. The number of unbranched alkanes of at least 4 members (excludes halogenated alkanes) is 5. The molecule has 17 heavy (non-hydrogen) atoms. The van der Waals surface area contributed by atoms with Crippen LogP contribution >= 0.6 is 0 Å². The first-order chi connectivity index (χ1) is 8.26. The molecule has 0 aromatic carbocycles. The molecule has 0 aromatic heterocycles. The lowest BCUT2D eigenvalue weighted by Crippen LogP contribution is -2.32. The second-order valence-corrected chi connectivity index (χ2v) is 4.63. The van der Waals surface area contributed by atoms with Crippen LogP contribution in [0, 0.1) is 0 Å². The van der Waals surface area contributed by atoms with Crippen molar-refractivity contribution in [1.82, 2.24) is 4.90 Å². The maximum absolute atomic E-state index is 11.9. The molecular formula is C14H30N2O. The summed E-state index contributed by atoms with van der Waals surface area (Å²) in [6.07, 6.45) is 9.06. The molecule has 0 unspecified atom stereocenters. The normalized spacial score (nSPS) is 10.5. The van der Waals surface area contributed by atoms with E-state index in [1.54, 1.807) is 0 Å². The van der Waals surface area contributed by atoms with E-state index in [-0.39, 0.29) is 0 Å². The molecule has 3 heteroatoms. The average Bonchev–Trinajstić information content (AvgIpc) is 2.34. The number of hydrogen-bond acceptors (Lipinski definition) is 2.